The lowest BCUT2D eigenvalue weighted by Crippen LogP contribution is -2.36. The van der Waals surface area contributed by atoms with E-state index >= 15 is 0 Å². The summed E-state index contributed by atoms with van der Waals surface area (Å²) in [7, 11) is 0. The van der Waals surface area contributed by atoms with Crippen LogP contribution in [-0.2, 0) is 4.79 Å². The Morgan fingerprint density at radius 3 is 2.35 bits per heavy atom. The lowest BCUT2D eigenvalue weighted by atomic mass is 9.82. The maximum atomic E-state index is 11.7. The van der Waals surface area contributed by atoms with E-state index in [1.165, 1.54) is 0 Å². The lowest BCUT2D eigenvalue weighted by Gasteiger charge is -2.32. The monoisotopic (exact) mass is 253 g/mol. The molecule has 1 aromatic rings. The van der Waals surface area contributed by atoms with Crippen LogP contribution in [0.2, 0.25) is 0 Å². The minimum atomic E-state index is -0.0245. The summed E-state index contributed by atoms with van der Waals surface area (Å²) in [5.74, 6) is 0.362. The van der Waals surface area contributed by atoms with Crippen molar-refractivity contribution in [3.63, 3.8) is 0 Å². The largest absolute Gasteiger partial charge is 0.349 e. The first-order valence-corrected chi connectivity index (χ1v) is 6.39. The lowest BCUT2D eigenvalue weighted by molar-refractivity contribution is -0.122. The number of amides is 1. The van der Waals surface area contributed by atoms with Gasteiger partial charge in [0.05, 0.1) is 6.04 Å². The van der Waals surface area contributed by atoms with Gasteiger partial charge in [-0.1, -0.05) is 51.1 Å². The van der Waals surface area contributed by atoms with E-state index in [-0.39, 0.29) is 17.4 Å². The Morgan fingerprint density at radius 2 is 1.88 bits per heavy atom. The van der Waals surface area contributed by atoms with E-state index in [1.807, 2.05) is 30.3 Å². The number of benzene rings is 1. The number of carbonyl (C=O) groups is 1. The van der Waals surface area contributed by atoms with Gasteiger partial charge in [-0.2, -0.15) is 0 Å². The van der Waals surface area contributed by atoms with Crippen LogP contribution >= 0.6 is 11.6 Å². The maximum absolute atomic E-state index is 11.7. The molecule has 1 atom stereocenters. The third-order valence-electron chi connectivity index (χ3n) is 2.63. The van der Waals surface area contributed by atoms with Crippen LogP contribution in [0.4, 0.5) is 0 Å². The quantitative estimate of drug-likeness (QED) is 0.818. The van der Waals surface area contributed by atoms with Crippen molar-refractivity contribution < 1.29 is 4.79 Å². The molecule has 0 aromatic heterocycles. The average molecular weight is 254 g/mol. The van der Waals surface area contributed by atoms with Crippen LogP contribution in [0.15, 0.2) is 30.3 Å². The van der Waals surface area contributed by atoms with Crippen LogP contribution in [0.25, 0.3) is 0 Å². The second kappa shape index (κ2) is 6.06. The van der Waals surface area contributed by atoms with E-state index in [0.717, 1.165) is 5.56 Å². The first kappa shape index (κ1) is 14.0. The minimum absolute atomic E-state index is 0.00350. The summed E-state index contributed by atoms with van der Waals surface area (Å²) in [6.45, 7) is 6.35. The molecule has 1 aromatic carbocycles. The smallest absolute Gasteiger partial charge is 0.221 e. The zero-order valence-electron chi connectivity index (χ0n) is 10.7. The average Bonchev–Trinajstić information content (AvgIpc) is 2.26. The second-order valence-corrected chi connectivity index (χ2v) is 5.59. The maximum Gasteiger partial charge on any atom is 0.221 e. The van der Waals surface area contributed by atoms with Gasteiger partial charge in [-0.25, -0.2) is 0 Å². The fourth-order valence-corrected chi connectivity index (χ4v) is 1.94. The third-order valence-corrected chi connectivity index (χ3v) is 2.81. The molecular weight excluding hydrogens is 234 g/mol. The standard InChI is InChI=1S/C14H20ClNO/c1-14(2,3)13(16-12(17)9-10-15)11-7-5-4-6-8-11/h4-8,13H,9-10H2,1-3H3,(H,16,17). The highest BCUT2D eigenvalue weighted by Crippen LogP contribution is 2.32. The molecule has 1 rings (SSSR count). The van der Waals surface area contributed by atoms with E-state index in [4.69, 9.17) is 11.6 Å². The molecule has 0 saturated heterocycles. The van der Waals surface area contributed by atoms with E-state index in [2.05, 4.69) is 26.1 Å². The number of carbonyl (C=O) groups excluding carboxylic acids is 1. The number of nitrogens with one attached hydrogen (secondary N) is 1. The molecule has 0 heterocycles. The Bertz CT molecular complexity index is 356. The Balaban J connectivity index is 2.87. The van der Waals surface area contributed by atoms with Crippen molar-refractivity contribution in [2.24, 2.45) is 5.41 Å². The highest BCUT2D eigenvalue weighted by Gasteiger charge is 2.27. The predicted molar refractivity (Wildman–Crippen MR) is 72.1 cm³/mol. The van der Waals surface area contributed by atoms with Gasteiger partial charge in [0.15, 0.2) is 0 Å². The van der Waals surface area contributed by atoms with Gasteiger partial charge < -0.3 is 5.32 Å². The van der Waals surface area contributed by atoms with Crippen molar-refractivity contribution in [1.29, 1.82) is 0 Å². The number of hydrogen-bond acceptors (Lipinski definition) is 1. The van der Waals surface area contributed by atoms with Crippen molar-refractivity contribution in [2.75, 3.05) is 5.88 Å². The molecule has 94 valence electrons. The van der Waals surface area contributed by atoms with Crippen molar-refractivity contribution in [3.8, 4) is 0 Å². The van der Waals surface area contributed by atoms with Gasteiger partial charge >= 0.3 is 0 Å². The molecule has 0 aliphatic carbocycles. The number of alkyl halides is 1. The molecule has 1 N–H and O–H groups in total. The summed E-state index contributed by atoms with van der Waals surface area (Å²) in [5, 5.41) is 3.05. The fourth-order valence-electron chi connectivity index (χ4n) is 1.76. The van der Waals surface area contributed by atoms with Crippen LogP contribution in [0.1, 0.15) is 38.8 Å². The van der Waals surface area contributed by atoms with Crippen LogP contribution in [0.3, 0.4) is 0 Å². The minimum Gasteiger partial charge on any atom is -0.349 e. The first-order chi connectivity index (χ1) is 7.95. The third kappa shape index (κ3) is 4.39. The van der Waals surface area contributed by atoms with Crippen molar-refractivity contribution in [1.82, 2.24) is 5.32 Å². The summed E-state index contributed by atoms with van der Waals surface area (Å²) in [5.41, 5.74) is 1.10. The topological polar surface area (TPSA) is 29.1 Å². The van der Waals surface area contributed by atoms with Gasteiger partial charge in [0.25, 0.3) is 0 Å². The molecule has 2 nitrogen and oxygen atoms in total. The van der Waals surface area contributed by atoms with E-state index < -0.39 is 0 Å². The zero-order chi connectivity index (χ0) is 12.9. The molecular formula is C14H20ClNO. The fraction of sp³-hybridized carbons (Fsp3) is 0.500. The molecule has 0 aliphatic heterocycles. The SMILES string of the molecule is CC(C)(C)C(NC(=O)CCCl)c1ccccc1. The molecule has 1 unspecified atom stereocenters. The Kier molecular flexibility index (Phi) is 5.01. The predicted octanol–water partition coefficient (Wildman–Crippen LogP) is 3.52. The summed E-state index contributed by atoms with van der Waals surface area (Å²) in [6, 6.07) is 10.0. The highest BCUT2D eigenvalue weighted by atomic mass is 35.5. The first-order valence-electron chi connectivity index (χ1n) is 5.85. The molecule has 0 radical (unpaired) electrons. The van der Waals surface area contributed by atoms with Crippen LogP contribution in [0.5, 0.6) is 0 Å². The van der Waals surface area contributed by atoms with Gasteiger partial charge in [-0.15, -0.1) is 11.6 Å². The number of rotatable bonds is 4. The van der Waals surface area contributed by atoms with Crippen molar-refractivity contribution in [3.05, 3.63) is 35.9 Å². The zero-order valence-corrected chi connectivity index (χ0v) is 11.4. The van der Waals surface area contributed by atoms with Gasteiger partial charge in [-0.3, -0.25) is 4.79 Å². The molecule has 0 fully saturated rings. The van der Waals surface area contributed by atoms with Gasteiger partial charge in [0.1, 0.15) is 0 Å². The van der Waals surface area contributed by atoms with Crippen LogP contribution in [-0.4, -0.2) is 11.8 Å². The van der Waals surface area contributed by atoms with Gasteiger partial charge in [0, 0.05) is 12.3 Å². The normalized spacial score (nSPS) is 13.2. The summed E-state index contributed by atoms with van der Waals surface area (Å²) < 4.78 is 0. The summed E-state index contributed by atoms with van der Waals surface area (Å²) >= 11 is 5.58. The molecule has 0 bridgehead atoms. The van der Waals surface area contributed by atoms with E-state index in [0.29, 0.717) is 12.3 Å². The van der Waals surface area contributed by atoms with Crippen LogP contribution in [0, 0.1) is 5.41 Å². The molecule has 0 saturated carbocycles. The highest BCUT2D eigenvalue weighted by molar-refractivity contribution is 6.18. The molecule has 3 heteroatoms. The molecule has 1 amide bonds. The second-order valence-electron chi connectivity index (χ2n) is 5.22. The number of hydrogen-bond donors (Lipinski definition) is 1. The molecule has 0 spiro atoms. The van der Waals surface area contributed by atoms with Gasteiger partial charge in [-0.05, 0) is 11.0 Å². The van der Waals surface area contributed by atoms with Crippen molar-refractivity contribution in [2.45, 2.75) is 33.2 Å². The van der Waals surface area contributed by atoms with Crippen molar-refractivity contribution >= 4 is 17.5 Å². The Labute approximate surface area is 108 Å². The summed E-state index contributed by atoms with van der Waals surface area (Å²) in [4.78, 5) is 11.7. The number of halogens is 1. The van der Waals surface area contributed by atoms with Gasteiger partial charge in [0.2, 0.25) is 5.91 Å². The molecule has 0 aliphatic rings. The van der Waals surface area contributed by atoms with E-state index in [9.17, 15) is 4.79 Å². The van der Waals surface area contributed by atoms with Crippen LogP contribution < -0.4 is 5.32 Å². The summed E-state index contributed by atoms with van der Waals surface area (Å²) in [6.07, 6.45) is 0.362. The van der Waals surface area contributed by atoms with E-state index in [1.54, 1.807) is 0 Å². The molecule has 17 heavy (non-hydrogen) atoms. The Morgan fingerprint density at radius 1 is 1.29 bits per heavy atom. The Hall–Kier alpha value is -1.02.